The van der Waals surface area contributed by atoms with E-state index in [-0.39, 0.29) is 0 Å². The van der Waals surface area contributed by atoms with Crippen molar-refractivity contribution in [3.05, 3.63) is 0 Å². The summed E-state index contributed by atoms with van der Waals surface area (Å²) in [5.74, 6) is 0. The number of halogens is 6. The van der Waals surface area contributed by atoms with E-state index < -0.39 is 7.06 Å². The number of rotatable bonds is 0. The first-order chi connectivity index (χ1) is 3.25. The van der Waals surface area contributed by atoms with Crippen LogP contribution in [0.15, 0.2) is 0 Å². The molecule has 0 heterocycles. The van der Waals surface area contributed by atoms with Gasteiger partial charge in [-0.1, -0.05) is 11.6 Å². The molecule has 0 bridgehead atoms. The standard InChI is InChI=1S/C2ClF3I2/c3-1(7,8)2(4,5)6. The fourth-order valence-electron chi connectivity index (χ4n) is 0. The van der Waals surface area contributed by atoms with Crippen LogP contribution >= 0.6 is 56.8 Å². The molecule has 0 spiro atoms. The minimum absolute atomic E-state index is 1.11. The van der Waals surface area contributed by atoms with Crippen LogP contribution in [-0.4, -0.2) is 7.06 Å². The van der Waals surface area contributed by atoms with Crippen molar-refractivity contribution in [2.45, 2.75) is 7.06 Å². The Kier molecular flexibility index (Phi) is 3.16. The van der Waals surface area contributed by atoms with Crippen LogP contribution in [0.5, 0.6) is 0 Å². The Bertz CT molecular complexity index is 70.3. The van der Waals surface area contributed by atoms with Crippen LogP contribution in [-0.2, 0) is 0 Å². The Morgan fingerprint density at radius 1 is 1.12 bits per heavy atom. The molecular weight excluding hydrogens is 370 g/mol. The maximum Gasteiger partial charge on any atom is 0.425 e. The Labute approximate surface area is 76.4 Å². The van der Waals surface area contributed by atoms with Crippen LogP contribution in [0.1, 0.15) is 0 Å². The van der Waals surface area contributed by atoms with Gasteiger partial charge in [-0.2, -0.15) is 13.2 Å². The predicted molar refractivity (Wildman–Crippen MR) is 42.7 cm³/mol. The summed E-state index contributed by atoms with van der Waals surface area (Å²) in [5, 5.41) is 0. The number of alkyl halides is 6. The molecule has 0 aliphatic rings. The van der Waals surface area contributed by atoms with Crippen molar-refractivity contribution in [3.63, 3.8) is 0 Å². The van der Waals surface area contributed by atoms with E-state index in [1.54, 1.807) is 0 Å². The average Bonchev–Trinajstić information content (AvgIpc) is 1.25. The van der Waals surface area contributed by atoms with Gasteiger partial charge in [-0.25, -0.2) is 0 Å². The zero-order valence-electron chi connectivity index (χ0n) is 3.27. The third kappa shape index (κ3) is 2.90. The second-order valence-electron chi connectivity index (χ2n) is 0.996. The van der Waals surface area contributed by atoms with Crippen LogP contribution < -0.4 is 0 Å². The topological polar surface area (TPSA) is 0 Å². The van der Waals surface area contributed by atoms with Gasteiger partial charge >= 0.3 is 6.18 Å². The Balaban J connectivity index is 4.02. The van der Waals surface area contributed by atoms with Gasteiger partial charge in [0.1, 0.15) is 0 Å². The fourth-order valence-corrected chi connectivity index (χ4v) is 0. The monoisotopic (exact) mass is 370 g/mol. The van der Waals surface area contributed by atoms with Gasteiger partial charge in [-0.3, -0.25) is 0 Å². The summed E-state index contributed by atoms with van der Waals surface area (Å²) in [4.78, 5) is 0. The highest BCUT2D eigenvalue weighted by Gasteiger charge is 2.49. The van der Waals surface area contributed by atoms with E-state index in [2.05, 4.69) is 0 Å². The summed E-state index contributed by atoms with van der Waals surface area (Å²) in [6.45, 7) is 0. The largest absolute Gasteiger partial charge is 0.425 e. The molecule has 0 aromatic carbocycles. The van der Waals surface area contributed by atoms with E-state index in [9.17, 15) is 13.2 Å². The van der Waals surface area contributed by atoms with E-state index in [0.29, 0.717) is 0 Å². The summed E-state index contributed by atoms with van der Waals surface area (Å²) < 4.78 is 32.1. The van der Waals surface area contributed by atoms with Crippen LogP contribution in [0.25, 0.3) is 0 Å². The molecular formula is C2ClF3I2. The lowest BCUT2D eigenvalue weighted by Gasteiger charge is -2.14. The molecule has 0 amide bonds. The van der Waals surface area contributed by atoms with E-state index >= 15 is 0 Å². The van der Waals surface area contributed by atoms with Crippen molar-refractivity contribution >= 4 is 56.8 Å². The first kappa shape index (κ1) is 9.54. The summed E-state index contributed by atoms with van der Waals surface area (Å²) in [6, 6.07) is 0. The minimum atomic E-state index is -4.32. The predicted octanol–water partition coefficient (Wildman–Crippen LogP) is 3.31. The molecule has 0 aromatic heterocycles. The second-order valence-corrected chi connectivity index (χ2v) is 8.14. The molecule has 0 saturated heterocycles. The van der Waals surface area contributed by atoms with Crippen molar-refractivity contribution < 1.29 is 13.2 Å². The van der Waals surface area contributed by atoms with Gasteiger partial charge < -0.3 is 0 Å². The van der Waals surface area contributed by atoms with Crippen molar-refractivity contribution in [2.75, 3.05) is 0 Å². The van der Waals surface area contributed by atoms with Gasteiger partial charge in [-0.05, 0) is 45.2 Å². The minimum Gasteiger partial charge on any atom is -0.167 e. The van der Waals surface area contributed by atoms with Gasteiger partial charge in [0.05, 0.1) is 0 Å². The van der Waals surface area contributed by atoms with Crippen LogP contribution in [0.2, 0.25) is 0 Å². The molecule has 0 N–H and O–H groups in total. The zero-order valence-corrected chi connectivity index (χ0v) is 8.34. The molecule has 8 heavy (non-hydrogen) atoms. The van der Waals surface area contributed by atoms with E-state index in [1.807, 2.05) is 0 Å². The van der Waals surface area contributed by atoms with Crippen LogP contribution in [0.3, 0.4) is 0 Å². The molecule has 0 aliphatic carbocycles. The van der Waals surface area contributed by atoms with Crippen molar-refractivity contribution in [3.8, 4) is 0 Å². The quantitative estimate of drug-likeness (QED) is 0.453. The molecule has 6 heteroatoms. The number of hydrogen-bond acceptors (Lipinski definition) is 0. The SMILES string of the molecule is FC(F)(F)C(Cl)(I)I. The third-order valence-electron chi connectivity index (χ3n) is 0.321. The maximum atomic E-state index is 11.4. The zero-order chi connectivity index (χ0) is 7.00. The molecule has 0 nitrogen and oxygen atoms in total. The highest BCUT2D eigenvalue weighted by atomic mass is 127. The molecule has 0 saturated carbocycles. The lowest BCUT2D eigenvalue weighted by atomic mass is 10.8. The van der Waals surface area contributed by atoms with Gasteiger partial charge in [0, 0.05) is 0 Å². The van der Waals surface area contributed by atoms with E-state index in [0.717, 1.165) is 45.2 Å². The summed E-state index contributed by atoms with van der Waals surface area (Å²) in [5.41, 5.74) is 0. The van der Waals surface area contributed by atoms with Crippen molar-refractivity contribution in [1.29, 1.82) is 0 Å². The van der Waals surface area contributed by atoms with E-state index in [1.165, 1.54) is 0 Å². The molecule has 0 unspecified atom stereocenters. The lowest BCUT2D eigenvalue weighted by molar-refractivity contribution is -0.114. The molecule has 0 radical (unpaired) electrons. The smallest absolute Gasteiger partial charge is 0.167 e. The van der Waals surface area contributed by atoms with Gasteiger partial charge in [0.25, 0.3) is 0 Å². The van der Waals surface area contributed by atoms with Crippen molar-refractivity contribution in [2.24, 2.45) is 0 Å². The Hall–Kier alpha value is 1.54. The number of hydrogen-bond donors (Lipinski definition) is 0. The fraction of sp³-hybridized carbons (Fsp3) is 1.00. The van der Waals surface area contributed by atoms with Gasteiger partial charge in [0.2, 0.25) is 0.888 Å². The average molecular weight is 370 g/mol. The molecule has 0 aliphatic heterocycles. The molecule has 0 fully saturated rings. The Morgan fingerprint density at radius 3 is 1.25 bits per heavy atom. The van der Waals surface area contributed by atoms with Gasteiger partial charge in [-0.15, -0.1) is 0 Å². The third-order valence-corrected chi connectivity index (χ3v) is 1.76. The maximum absolute atomic E-state index is 11.4. The second kappa shape index (κ2) is 2.65. The molecule has 0 rings (SSSR count). The summed E-state index contributed by atoms with van der Waals surface area (Å²) in [7, 11) is 0. The molecule has 0 atom stereocenters. The Morgan fingerprint density at radius 2 is 1.25 bits per heavy atom. The van der Waals surface area contributed by atoms with Gasteiger partial charge in [0.15, 0.2) is 0 Å². The summed E-state index contributed by atoms with van der Waals surface area (Å²) >= 11 is 7.08. The normalized spacial score (nSPS) is 14.2. The van der Waals surface area contributed by atoms with Crippen molar-refractivity contribution in [1.82, 2.24) is 0 Å². The lowest BCUT2D eigenvalue weighted by Crippen LogP contribution is -2.25. The highest BCUT2D eigenvalue weighted by Crippen LogP contribution is 2.47. The summed E-state index contributed by atoms with van der Waals surface area (Å²) in [6.07, 6.45) is -4.32. The molecule has 0 aromatic rings. The highest BCUT2D eigenvalue weighted by molar-refractivity contribution is 14.2. The van der Waals surface area contributed by atoms with E-state index in [4.69, 9.17) is 11.6 Å². The van der Waals surface area contributed by atoms with Crippen LogP contribution in [0, 0.1) is 0 Å². The first-order valence-electron chi connectivity index (χ1n) is 1.38. The molecule has 50 valence electrons. The first-order valence-corrected chi connectivity index (χ1v) is 3.92. The van der Waals surface area contributed by atoms with Crippen LogP contribution in [0.4, 0.5) is 13.2 Å².